The van der Waals surface area contributed by atoms with Gasteiger partial charge in [-0.15, -0.1) is 0 Å². The van der Waals surface area contributed by atoms with Crippen molar-refractivity contribution in [2.45, 2.75) is 6.43 Å². The maximum absolute atomic E-state index is 12.0. The van der Waals surface area contributed by atoms with E-state index in [1.165, 1.54) is 0 Å². The van der Waals surface area contributed by atoms with Crippen LogP contribution in [-0.4, -0.2) is 62.0 Å². The second-order valence-electron chi connectivity index (χ2n) is 3.32. The first-order valence-electron chi connectivity index (χ1n) is 4.65. The number of halogens is 2. The lowest BCUT2D eigenvalue weighted by Crippen LogP contribution is -2.48. The van der Waals surface area contributed by atoms with Crippen LogP contribution >= 0.6 is 0 Å². The van der Waals surface area contributed by atoms with Gasteiger partial charge in [-0.3, -0.25) is 9.80 Å². The van der Waals surface area contributed by atoms with E-state index in [-0.39, 0.29) is 6.54 Å². The largest absolute Gasteiger partial charge is 0.329 e. The molecule has 13 heavy (non-hydrogen) atoms. The zero-order valence-corrected chi connectivity index (χ0v) is 7.75. The van der Waals surface area contributed by atoms with Crippen LogP contribution in [0.1, 0.15) is 0 Å². The quantitative estimate of drug-likeness (QED) is 0.672. The zero-order valence-electron chi connectivity index (χ0n) is 7.75. The summed E-state index contributed by atoms with van der Waals surface area (Å²) in [6, 6.07) is 0. The Bertz CT molecular complexity index is 135. The van der Waals surface area contributed by atoms with E-state index >= 15 is 0 Å². The molecule has 5 heteroatoms. The molecule has 1 aliphatic rings. The molecule has 0 aliphatic carbocycles. The van der Waals surface area contributed by atoms with Gasteiger partial charge in [0.1, 0.15) is 0 Å². The van der Waals surface area contributed by atoms with Gasteiger partial charge >= 0.3 is 0 Å². The Morgan fingerprint density at radius 3 is 2.08 bits per heavy atom. The van der Waals surface area contributed by atoms with E-state index in [1.807, 2.05) is 0 Å². The Morgan fingerprint density at radius 1 is 1.08 bits per heavy atom. The molecule has 3 nitrogen and oxygen atoms in total. The fourth-order valence-corrected chi connectivity index (χ4v) is 1.57. The monoisotopic (exact) mass is 193 g/mol. The summed E-state index contributed by atoms with van der Waals surface area (Å²) in [5, 5.41) is 0. The van der Waals surface area contributed by atoms with Crippen LogP contribution in [0.5, 0.6) is 0 Å². The topological polar surface area (TPSA) is 32.5 Å². The molecule has 0 saturated carbocycles. The van der Waals surface area contributed by atoms with Crippen LogP contribution in [0, 0.1) is 0 Å². The predicted octanol–water partition coefficient (Wildman–Crippen LogP) is -0.172. The molecule has 0 radical (unpaired) electrons. The number of alkyl halides is 2. The van der Waals surface area contributed by atoms with E-state index in [2.05, 4.69) is 4.90 Å². The summed E-state index contributed by atoms with van der Waals surface area (Å²) < 4.78 is 24.0. The smallest absolute Gasteiger partial charge is 0.251 e. The van der Waals surface area contributed by atoms with Crippen molar-refractivity contribution < 1.29 is 8.78 Å². The molecule has 1 heterocycles. The Kier molecular flexibility index (Phi) is 4.55. The first kappa shape index (κ1) is 10.8. The van der Waals surface area contributed by atoms with Crippen molar-refractivity contribution in [3.63, 3.8) is 0 Å². The van der Waals surface area contributed by atoms with Crippen molar-refractivity contribution in [1.82, 2.24) is 9.80 Å². The van der Waals surface area contributed by atoms with Crippen molar-refractivity contribution in [3.8, 4) is 0 Å². The van der Waals surface area contributed by atoms with E-state index in [1.54, 1.807) is 4.90 Å². The highest BCUT2D eigenvalue weighted by molar-refractivity contribution is 4.72. The van der Waals surface area contributed by atoms with Gasteiger partial charge in [0.25, 0.3) is 6.43 Å². The van der Waals surface area contributed by atoms with Crippen LogP contribution in [0.25, 0.3) is 0 Å². The van der Waals surface area contributed by atoms with Crippen LogP contribution in [0.2, 0.25) is 0 Å². The molecule has 0 aromatic heterocycles. The van der Waals surface area contributed by atoms with E-state index < -0.39 is 6.43 Å². The predicted molar refractivity (Wildman–Crippen MR) is 47.9 cm³/mol. The fourth-order valence-electron chi connectivity index (χ4n) is 1.57. The molecule has 1 saturated heterocycles. The van der Waals surface area contributed by atoms with Crippen LogP contribution in [-0.2, 0) is 0 Å². The first-order valence-corrected chi connectivity index (χ1v) is 4.65. The standard InChI is InChI=1S/C8H17F2N3/c9-8(10)7-13-5-3-12(2-1-11)4-6-13/h8H,1-7,11H2. The Balaban J connectivity index is 2.15. The van der Waals surface area contributed by atoms with Crippen molar-refractivity contribution in [3.05, 3.63) is 0 Å². The van der Waals surface area contributed by atoms with Crippen LogP contribution in [0.3, 0.4) is 0 Å². The SMILES string of the molecule is NCCN1CCN(CC(F)F)CC1. The highest BCUT2D eigenvalue weighted by Gasteiger charge is 2.18. The Hall–Kier alpha value is -0.260. The number of nitrogens with two attached hydrogens (primary N) is 1. The minimum Gasteiger partial charge on any atom is -0.329 e. The van der Waals surface area contributed by atoms with Gasteiger partial charge in [-0.25, -0.2) is 8.78 Å². The molecule has 0 aromatic rings. The first-order chi connectivity index (χ1) is 6.22. The van der Waals surface area contributed by atoms with Crippen LogP contribution in [0.4, 0.5) is 8.78 Å². The van der Waals surface area contributed by atoms with E-state index in [4.69, 9.17) is 5.73 Å². The van der Waals surface area contributed by atoms with Crippen LogP contribution < -0.4 is 5.73 Å². The molecule has 78 valence electrons. The highest BCUT2D eigenvalue weighted by atomic mass is 19.3. The number of nitrogens with zero attached hydrogens (tertiary/aromatic N) is 2. The highest BCUT2D eigenvalue weighted by Crippen LogP contribution is 2.03. The van der Waals surface area contributed by atoms with Gasteiger partial charge in [0.2, 0.25) is 0 Å². The molecule has 0 bridgehead atoms. The molecule has 1 aliphatic heterocycles. The molecule has 1 fully saturated rings. The van der Waals surface area contributed by atoms with Crippen molar-refractivity contribution in [1.29, 1.82) is 0 Å². The average Bonchev–Trinajstić information content (AvgIpc) is 2.08. The molecular formula is C8H17F2N3. The lowest BCUT2D eigenvalue weighted by Gasteiger charge is -2.34. The summed E-state index contributed by atoms with van der Waals surface area (Å²) in [6.45, 7) is 4.65. The molecule has 2 N–H and O–H groups in total. The van der Waals surface area contributed by atoms with Gasteiger partial charge in [-0.05, 0) is 0 Å². The number of rotatable bonds is 4. The third-order valence-electron chi connectivity index (χ3n) is 2.31. The molecule has 0 amide bonds. The van der Waals surface area contributed by atoms with Gasteiger partial charge in [-0.1, -0.05) is 0 Å². The van der Waals surface area contributed by atoms with E-state index in [0.717, 1.165) is 32.7 Å². The Morgan fingerprint density at radius 2 is 1.62 bits per heavy atom. The molecule has 0 atom stereocenters. The van der Waals surface area contributed by atoms with Crippen molar-refractivity contribution in [2.24, 2.45) is 5.73 Å². The second-order valence-corrected chi connectivity index (χ2v) is 3.32. The van der Waals surface area contributed by atoms with Gasteiger partial charge < -0.3 is 5.73 Å². The molecule has 1 rings (SSSR count). The summed E-state index contributed by atoms with van der Waals surface area (Å²) in [6.07, 6.45) is -2.21. The van der Waals surface area contributed by atoms with Crippen molar-refractivity contribution in [2.75, 3.05) is 45.8 Å². The third kappa shape index (κ3) is 3.97. The van der Waals surface area contributed by atoms with Gasteiger partial charge in [0.05, 0.1) is 6.54 Å². The van der Waals surface area contributed by atoms with Gasteiger partial charge in [-0.2, -0.15) is 0 Å². The maximum atomic E-state index is 12.0. The Labute approximate surface area is 77.5 Å². The minimum absolute atomic E-state index is 0.0868. The van der Waals surface area contributed by atoms with Gasteiger partial charge in [0.15, 0.2) is 0 Å². The van der Waals surface area contributed by atoms with Crippen LogP contribution in [0.15, 0.2) is 0 Å². The number of hydrogen-bond donors (Lipinski definition) is 1. The fraction of sp³-hybridized carbons (Fsp3) is 1.00. The normalized spacial score (nSPS) is 21.2. The number of piperazine rings is 1. The lowest BCUT2D eigenvalue weighted by molar-refractivity contribution is 0.0571. The molecule has 0 spiro atoms. The lowest BCUT2D eigenvalue weighted by atomic mass is 10.3. The summed E-state index contributed by atoms with van der Waals surface area (Å²) in [4.78, 5) is 4.01. The van der Waals surface area contributed by atoms with Gasteiger partial charge in [0, 0.05) is 39.3 Å². The zero-order chi connectivity index (χ0) is 9.68. The molecule has 0 aromatic carbocycles. The minimum atomic E-state index is -2.21. The second kappa shape index (κ2) is 5.47. The van der Waals surface area contributed by atoms with Crippen molar-refractivity contribution >= 4 is 0 Å². The average molecular weight is 193 g/mol. The molecule has 0 unspecified atom stereocenters. The number of hydrogen-bond acceptors (Lipinski definition) is 3. The third-order valence-corrected chi connectivity index (χ3v) is 2.31. The summed E-state index contributed by atoms with van der Waals surface area (Å²) in [7, 11) is 0. The van der Waals surface area contributed by atoms with E-state index in [9.17, 15) is 8.78 Å². The summed E-state index contributed by atoms with van der Waals surface area (Å²) in [5.41, 5.74) is 5.40. The van der Waals surface area contributed by atoms with E-state index in [0.29, 0.717) is 6.54 Å². The summed E-state index contributed by atoms with van der Waals surface area (Å²) in [5.74, 6) is 0. The maximum Gasteiger partial charge on any atom is 0.251 e. The molecular weight excluding hydrogens is 176 g/mol. The summed E-state index contributed by atoms with van der Waals surface area (Å²) >= 11 is 0.